The molecule has 2 unspecified atom stereocenters. The number of aliphatic hydroxyl groups is 1. The molecule has 1 heterocycles. The molecular formula is C56H99NO5. The van der Waals surface area contributed by atoms with Gasteiger partial charge in [0, 0.05) is 26.2 Å². The van der Waals surface area contributed by atoms with Crippen molar-refractivity contribution in [2.24, 2.45) is 46.3 Å². The molecule has 62 heavy (non-hydrogen) atoms. The zero-order valence-corrected chi connectivity index (χ0v) is 41.4. The van der Waals surface area contributed by atoms with Crippen LogP contribution in [-0.2, 0) is 18.9 Å². The molecule has 10 atom stereocenters. The standard InChI is InChI=1S/C56H99NO5/c1-7-8-9-10-11-12-13-14-15-16-17-18-19-20-21-22-36-60-44-50(43-57-35-32-48(58)42-57)62-40-38-59-37-39-61-49-30-33-55(5)47(41-49)26-27-51-53-29-28-52(46(4)25-23-24-45(2)3)56(53,6)34-31-54(51)55/h11-12,14-15,26,45-46,48-54,58H,7-10,13,16-25,27-44H2,1-6H3/b12-11-,15-14-/t46-,48?,49+,50?,51+,52-,53+,54+,55+,56-/m1/s1. The highest BCUT2D eigenvalue weighted by Crippen LogP contribution is 2.67. The molecule has 0 aromatic heterocycles. The summed E-state index contributed by atoms with van der Waals surface area (Å²) in [6, 6.07) is 0. The van der Waals surface area contributed by atoms with Gasteiger partial charge in [0.1, 0.15) is 0 Å². The molecule has 5 aliphatic rings. The summed E-state index contributed by atoms with van der Waals surface area (Å²) in [6.07, 6.45) is 43.0. The van der Waals surface area contributed by atoms with Gasteiger partial charge in [-0.2, -0.15) is 0 Å². The molecule has 0 aromatic carbocycles. The second kappa shape index (κ2) is 28.2. The largest absolute Gasteiger partial charge is 0.392 e. The lowest BCUT2D eigenvalue weighted by atomic mass is 9.47. The van der Waals surface area contributed by atoms with Crippen LogP contribution >= 0.6 is 0 Å². The summed E-state index contributed by atoms with van der Waals surface area (Å²) >= 11 is 0. The molecule has 5 rings (SSSR count). The number of likely N-dealkylation sites (tertiary alicyclic amines) is 1. The summed E-state index contributed by atoms with van der Waals surface area (Å²) in [5.74, 6) is 5.31. The van der Waals surface area contributed by atoms with E-state index in [1.165, 1.54) is 128 Å². The van der Waals surface area contributed by atoms with E-state index in [0.717, 1.165) is 87.4 Å². The first-order valence-electron chi connectivity index (χ1n) is 26.9. The van der Waals surface area contributed by atoms with Gasteiger partial charge in [-0.25, -0.2) is 0 Å². The molecule has 6 nitrogen and oxygen atoms in total. The number of fused-ring (bicyclic) bond motifs is 5. The Balaban J connectivity index is 0.912. The summed E-state index contributed by atoms with van der Waals surface area (Å²) in [5.41, 5.74) is 2.64. The predicted molar refractivity (Wildman–Crippen MR) is 261 cm³/mol. The zero-order valence-electron chi connectivity index (χ0n) is 41.4. The first-order chi connectivity index (χ1) is 30.1. The first-order valence-corrected chi connectivity index (χ1v) is 26.9. The molecule has 6 heteroatoms. The predicted octanol–water partition coefficient (Wildman–Crippen LogP) is 13.7. The number of unbranched alkanes of at least 4 members (excludes halogenated alkanes) is 9. The van der Waals surface area contributed by atoms with Gasteiger partial charge < -0.3 is 24.1 Å². The lowest BCUT2D eigenvalue weighted by Gasteiger charge is -2.58. The van der Waals surface area contributed by atoms with Gasteiger partial charge in [-0.15, -0.1) is 0 Å². The van der Waals surface area contributed by atoms with E-state index in [0.29, 0.717) is 50.0 Å². The number of aliphatic hydroxyl groups excluding tert-OH is 1. The van der Waals surface area contributed by atoms with E-state index in [9.17, 15) is 5.11 Å². The lowest BCUT2D eigenvalue weighted by Crippen LogP contribution is -2.51. The van der Waals surface area contributed by atoms with E-state index in [4.69, 9.17) is 18.9 Å². The van der Waals surface area contributed by atoms with Crippen LogP contribution in [0.2, 0.25) is 0 Å². The Kier molecular flexibility index (Phi) is 23.7. The molecule has 4 aliphatic carbocycles. The Morgan fingerprint density at radius 3 is 2.27 bits per heavy atom. The van der Waals surface area contributed by atoms with Crippen molar-refractivity contribution in [3.05, 3.63) is 36.0 Å². The van der Waals surface area contributed by atoms with Crippen LogP contribution in [0.15, 0.2) is 36.0 Å². The first kappa shape index (κ1) is 52.0. The molecule has 0 aromatic rings. The molecule has 0 bridgehead atoms. The van der Waals surface area contributed by atoms with Crippen LogP contribution in [0, 0.1) is 46.3 Å². The molecule has 0 radical (unpaired) electrons. The minimum Gasteiger partial charge on any atom is -0.392 e. The van der Waals surface area contributed by atoms with Crippen molar-refractivity contribution in [3.8, 4) is 0 Å². The van der Waals surface area contributed by atoms with E-state index >= 15 is 0 Å². The van der Waals surface area contributed by atoms with Crippen LogP contribution < -0.4 is 0 Å². The third-order valence-electron chi connectivity index (χ3n) is 16.9. The van der Waals surface area contributed by atoms with E-state index in [-0.39, 0.29) is 12.2 Å². The number of nitrogens with zero attached hydrogens (tertiary/aromatic N) is 1. The number of β-amino-alcohol motifs (C(OH)–C–C–N with tert-alkyl or cyclic N) is 1. The average Bonchev–Trinajstić information content (AvgIpc) is 3.84. The zero-order chi connectivity index (χ0) is 44.0. The summed E-state index contributed by atoms with van der Waals surface area (Å²) in [5, 5.41) is 10.1. The molecule has 4 fully saturated rings. The average molecular weight is 866 g/mol. The molecule has 1 saturated heterocycles. The number of ether oxygens (including phenoxy) is 4. The Morgan fingerprint density at radius 1 is 0.758 bits per heavy atom. The van der Waals surface area contributed by atoms with Gasteiger partial charge in [0.25, 0.3) is 0 Å². The van der Waals surface area contributed by atoms with Crippen LogP contribution in [0.1, 0.15) is 196 Å². The van der Waals surface area contributed by atoms with E-state index < -0.39 is 0 Å². The smallest absolute Gasteiger partial charge is 0.0936 e. The maximum Gasteiger partial charge on any atom is 0.0936 e. The highest BCUT2D eigenvalue weighted by molar-refractivity contribution is 5.25. The Bertz CT molecular complexity index is 1300. The molecule has 3 saturated carbocycles. The molecule has 0 amide bonds. The fourth-order valence-corrected chi connectivity index (χ4v) is 13.3. The molecule has 1 N–H and O–H groups in total. The van der Waals surface area contributed by atoms with Crippen LogP contribution in [-0.4, -0.2) is 87.6 Å². The van der Waals surface area contributed by atoms with Crippen molar-refractivity contribution in [1.82, 2.24) is 4.90 Å². The van der Waals surface area contributed by atoms with Gasteiger partial charge in [-0.05, 0) is 143 Å². The SMILES string of the molecule is CCCCC/C=C\C/C=C\CCCCCCCCOCC(CN1CCC(O)C1)OCCOCCO[C@H]1CC[C@@]2(C)C(=CC[C@H]3[C@@H]4CC[C@H]([C@H](C)CCCC(C)C)[C@@]4(C)CC[C@@H]32)C1. The van der Waals surface area contributed by atoms with Crippen LogP contribution in [0.4, 0.5) is 0 Å². The molecule has 358 valence electrons. The van der Waals surface area contributed by atoms with Crippen molar-refractivity contribution in [2.45, 2.75) is 214 Å². The van der Waals surface area contributed by atoms with Crippen LogP contribution in [0.25, 0.3) is 0 Å². The second-order valence-electron chi connectivity index (χ2n) is 22.0. The third kappa shape index (κ3) is 16.4. The van der Waals surface area contributed by atoms with Crippen molar-refractivity contribution in [3.63, 3.8) is 0 Å². The van der Waals surface area contributed by atoms with Crippen molar-refractivity contribution < 1.29 is 24.1 Å². The maximum absolute atomic E-state index is 10.1. The molecular weight excluding hydrogens is 767 g/mol. The van der Waals surface area contributed by atoms with Crippen molar-refractivity contribution in [2.75, 3.05) is 59.3 Å². The normalized spacial score (nSPS) is 31.2. The Labute approximate surface area is 383 Å². The summed E-state index contributed by atoms with van der Waals surface area (Å²) < 4.78 is 25.0. The fourth-order valence-electron chi connectivity index (χ4n) is 13.3. The fraction of sp³-hybridized carbons (Fsp3) is 0.893. The van der Waals surface area contributed by atoms with E-state index in [2.05, 4.69) is 76.8 Å². The second-order valence-corrected chi connectivity index (χ2v) is 22.0. The summed E-state index contributed by atoms with van der Waals surface area (Å²) in [7, 11) is 0. The highest BCUT2D eigenvalue weighted by atomic mass is 16.6. The quantitative estimate of drug-likeness (QED) is 0.0537. The Hall–Kier alpha value is -1.02. The number of hydrogen-bond donors (Lipinski definition) is 1. The minimum atomic E-state index is -0.218. The highest BCUT2D eigenvalue weighted by Gasteiger charge is 2.59. The molecule has 0 spiro atoms. The van der Waals surface area contributed by atoms with E-state index in [1.54, 1.807) is 5.57 Å². The summed E-state index contributed by atoms with van der Waals surface area (Å²) in [6.45, 7) is 21.3. The number of allylic oxidation sites excluding steroid dienone is 5. The lowest BCUT2D eigenvalue weighted by molar-refractivity contribution is -0.0732. The minimum absolute atomic E-state index is 0.000738. The van der Waals surface area contributed by atoms with E-state index in [1.807, 2.05) is 0 Å². The maximum atomic E-state index is 10.1. The van der Waals surface area contributed by atoms with Gasteiger partial charge in [0.15, 0.2) is 0 Å². The number of rotatable bonds is 32. The van der Waals surface area contributed by atoms with Crippen LogP contribution in [0.5, 0.6) is 0 Å². The third-order valence-corrected chi connectivity index (χ3v) is 16.9. The van der Waals surface area contributed by atoms with Gasteiger partial charge >= 0.3 is 0 Å². The monoisotopic (exact) mass is 866 g/mol. The summed E-state index contributed by atoms with van der Waals surface area (Å²) in [4.78, 5) is 2.32. The number of hydrogen-bond acceptors (Lipinski definition) is 6. The van der Waals surface area contributed by atoms with Crippen molar-refractivity contribution in [1.29, 1.82) is 0 Å². The topological polar surface area (TPSA) is 60.4 Å². The van der Waals surface area contributed by atoms with Gasteiger partial charge in [-0.3, -0.25) is 4.90 Å². The Morgan fingerprint density at radius 2 is 1.52 bits per heavy atom. The van der Waals surface area contributed by atoms with Gasteiger partial charge in [0.2, 0.25) is 0 Å². The van der Waals surface area contributed by atoms with Gasteiger partial charge in [0.05, 0.1) is 51.3 Å². The van der Waals surface area contributed by atoms with Crippen molar-refractivity contribution >= 4 is 0 Å². The van der Waals surface area contributed by atoms with Gasteiger partial charge in [-0.1, -0.05) is 135 Å². The van der Waals surface area contributed by atoms with Crippen LogP contribution in [0.3, 0.4) is 0 Å². The molecule has 1 aliphatic heterocycles.